The summed E-state index contributed by atoms with van der Waals surface area (Å²) in [5.74, 6) is -5.98. The van der Waals surface area contributed by atoms with E-state index in [9.17, 15) is 34.5 Å². The summed E-state index contributed by atoms with van der Waals surface area (Å²) in [6.45, 7) is 1.89. The highest BCUT2D eigenvalue weighted by molar-refractivity contribution is 6.21. The highest BCUT2D eigenvalue weighted by Gasteiger charge is 2.52. The molecule has 178 valence electrons. The van der Waals surface area contributed by atoms with Crippen LogP contribution < -0.4 is 5.73 Å². The molecule has 5 N–H and O–H groups in total. The first-order chi connectivity index (χ1) is 16.6. The van der Waals surface area contributed by atoms with E-state index in [0.29, 0.717) is 17.5 Å². The first-order valence-corrected chi connectivity index (χ1v) is 11.3. The van der Waals surface area contributed by atoms with Crippen molar-refractivity contribution in [3.63, 3.8) is 0 Å². The third-order valence-electron chi connectivity index (χ3n) is 7.60. The van der Waals surface area contributed by atoms with E-state index in [1.807, 2.05) is 6.92 Å². The van der Waals surface area contributed by atoms with E-state index in [2.05, 4.69) is 0 Å². The smallest absolute Gasteiger partial charge is 0.255 e. The number of benzene rings is 2. The van der Waals surface area contributed by atoms with Gasteiger partial charge in [-0.1, -0.05) is 37.3 Å². The van der Waals surface area contributed by atoms with Crippen molar-refractivity contribution >= 4 is 29.5 Å². The molecule has 8 nitrogen and oxygen atoms in total. The Hall–Kier alpha value is -4.20. The van der Waals surface area contributed by atoms with E-state index in [1.54, 1.807) is 30.3 Å². The number of aliphatic hydroxyl groups excluding tert-OH is 2. The number of aldehydes is 1. The molecule has 8 heteroatoms. The normalized spacial score (nSPS) is 25.6. The van der Waals surface area contributed by atoms with Crippen LogP contribution in [0.4, 0.5) is 0 Å². The zero-order valence-corrected chi connectivity index (χ0v) is 18.8. The van der Waals surface area contributed by atoms with Crippen LogP contribution in [0.3, 0.4) is 0 Å². The van der Waals surface area contributed by atoms with Gasteiger partial charge in [-0.25, -0.2) is 0 Å². The topological polar surface area (TPSA) is 155 Å². The van der Waals surface area contributed by atoms with Gasteiger partial charge in [0.05, 0.1) is 11.5 Å². The molecule has 3 aliphatic carbocycles. The number of nitrogens with two attached hydrogens (primary N) is 1. The molecule has 2 aromatic carbocycles. The summed E-state index contributed by atoms with van der Waals surface area (Å²) in [6.07, 6.45) is 0.947. The monoisotopic (exact) mass is 473 g/mol. The average molecular weight is 473 g/mol. The molecule has 1 fully saturated rings. The summed E-state index contributed by atoms with van der Waals surface area (Å²) >= 11 is 0. The van der Waals surface area contributed by atoms with Gasteiger partial charge in [0, 0.05) is 17.6 Å². The third-order valence-corrected chi connectivity index (χ3v) is 7.60. The number of phenolic OH excluding ortho intramolecular Hbond substituents is 1. The molecule has 0 aliphatic heterocycles. The Bertz CT molecular complexity index is 1380. The van der Waals surface area contributed by atoms with E-state index in [-0.39, 0.29) is 35.0 Å². The summed E-state index contributed by atoms with van der Waals surface area (Å²) < 4.78 is 0. The van der Waals surface area contributed by atoms with Gasteiger partial charge in [-0.2, -0.15) is 0 Å². The second kappa shape index (κ2) is 7.94. The van der Waals surface area contributed by atoms with Crippen LogP contribution in [0.25, 0.3) is 16.9 Å². The first kappa shape index (κ1) is 22.6. The molecular weight excluding hydrogens is 450 g/mol. The molecule has 2 aromatic rings. The van der Waals surface area contributed by atoms with Crippen LogP contribution in [0.2, 0.25) is 0 Å². The SMILES string of the molecule is C[C@H]1c2c(-c3ccc(C=O)cc3)ccc(O)c2C(O)=C2C(=O)C3C(O)=C(C(N)=O)C(=O)CC3CC21. The molecule has 3 unspecified atom stereocenters. The van der Waals surface area contributed by atoms with Gasteiger partial charge in [0.1, 0.15) is 29.1 Å². The van der Waals surface area contributed by atoms with Crippen molar-refractivity contribution in [3.05, 3.63) is 70.0 Å². The minimum absolute atomic E-state index is 0.0692. The Morgan fingerprint density at radius 2 is 1.74 bits per heavy atom. The van der Waals surface area contributed by atoms with Gasteiger partial charge >= 0.3 is 0 Å². The minimum atomic E-state index is -1.15. The molecule has 35 heavy (non-hydrogen) atoms. The van der Waals surface area contributed by atoms with Crippen molar-refractivity contribution < 1.29 is 34.5 Å². The molecule has 0 aromatic heterocycles. The fourth-order valence-corrected chi connectivity index (χ4v) is 6.00. The van der Waals surface area contributed by atoms with Crippen LogP contribution in [0.5, 0.6) is 5.75 Å². The first-order valence-electron chi connectivity index (χ1n) is 11.3. The van der Waals surface area contributed by atoms with Gasteiger partial charge in [0.15, 0.2) is 11.6 Å². The van der Waals surface area contributed by atoms with E-state index in [4.69, 9.17) is 5.73 Å². The standard InChI is InChI=1S/C27H23NO7/c1-11-16-8-14-9-18(31)23(27(28)35)25(33)20(14)24(32)21(16)26(34)22-17(30)7-6-15(19(11)22)13-4-2-12(10-29)3-5-13/h2-7,10-11,14,16,20,30,33-34H,8-9H2,1H3,(H2,28,35)/t11-,14?,16?,20?/m1/s1. The predicted octanol–water partition coefficient (Wildman–Crippen LogP) is 3.35. The average Bonchev–Trinajstić information content (AvgIpc) is 2.81. The van der Waals surface area contributed by atoms with Gasteiger partial charge in [-0.3, -0.25) is 19.2 Å². The largest absolute Gasteiger partial charge is 0.511 e. The molecule has 4 atom stereocenters. The number of carbonyl (C=O) groups is 4. The van der Waals surface area contributed by atoms with Gasteiger partial charge in [0.25, 0.3) is 5.91 Å². The summed E-state index contributed by atoms with van der Waals surface area (Å²) in [6, 6.07) is 10.0. The molecule has 1 saturated carbocycles. The number of hydrogen-bond donors (Lipinski definition) is 4. The van der Waals surface area contributed by atoms with Crippen molar-refractivity contribution in [2.75, 3.05) is 0 Å². The summed E-state index contributed by atoms with van der Waals surface area (Å²) in [7, 11) is 0. The highest BCUT2D eigenvalue weighted by atomic mass is 16.3. The summed E-state index contributed by atoms with van der Waals surface area (Å²) in [5.41, 5.74) is 7.58. The number of amides is 1. The number of fused-ring (bicyclic) bond motifs is 3. The van der Waals surface area contributed by atoms with Crippen molar-refractivity contribution in [1.82, 2.24) is 0 Å². The minimum Gasteiger partial charge on any atom is -0.511 e. The number of ketones is 2. The lowest BCUT2D eigenvalue weighted by molar-refractivity contribution is -0.127. The lowest BCUT2D eigenvalue weighted by Crippen LogP contribution is -2.45. The number of Topliss-reactive ketones (excluding diaryl/α,β-unsaturated/α-hetero) is 2. The number of rotatable bonds is 3. The predicted molar refractivity (Wildman–Crippen MR) is 125 cm³/mol. The molecule has 5 rings (SSSR count). The maximum absolute atomic E-state index is 13.6. The van der Waals surface area contributed by atoms with E-state index >= 15 is 0 Å². The summed E-state index contributed by atoms with van der Waals surface area (Å²) in [4.78, 5) is 48.9. The lowest BCUT2D eigenvalue weighted by Gasteiger charge is -2.44. The number of phenols is 1. The van der Waals surface area contributed by atoms with E-state index in [0.717, 1.165) is 17.4 Å². The quantitative estimate of drug-likeness (QED) is 0.393. The van der Waals surface area contributed by atoms with Gasteiger partial charge in [0.2, 0.25) is 0 Å². The zero-order chi connectivity index (χ0) is 25.2. The Balaban J connectivity index is 1.70. The molecule has 0 radical (unpaired) electrons. The van der Waals surface area contributed by atoms with Crippen LogP contribution in [0.15, 0.2) is 53.3 Å². The van der Waals surface area contributed by atoms with Crippen molar-refractivity contribution in [2.24, 2.45) is 23.5 Å². The Morgan fingerprint density at radius 1 is 1.06 bits per heavy atom. The molecule has 0 bridgehead atoms. The van der Waals surface area contributed by atoms with Crippen LogP contribution in [-0.4, -0.2) is 39.1 Å². The molecule has 0 saturated heterocycles. The van der Waals surface area contributed by atoms with Gasteiger partial charge in [-0.05, 0) is 46.9 Å². The lowest BCUT2D eigenvalue weighted by atomic mass is 9.58. The Morgan fingerprint density at radius 3 is 2.37 bits per heavy atom. The van der Waals surface area contributed by atoms with E-state index < -0.39 is 46.6 Å². The zero-order valence-electron chi connectivity index (χ0n) is 18.8. The van der Waals surface area contributed by atoms with Crippen molar-refractivity contribution in [3.8, 4) is 16.9 Å². The van der Waals surface area contributed by atoms with Crippen molar-refractivity contribution in [2.45, 2.75) is 25.7 Å². The number of hydrogen-bond acceptors (Lipinski definition) is 7. The molecule has 0 spiro atoms. The number of allylic oxidation sites excluding steroid dienone is 2. The maximum atomic E-state index is 13.6. The number of primary amides is 1. The second-order valence-electron chi connectivity index (χ2n) is 9.41. The molecule has 1 amide bonds. The number of aromatic hydroxyl groups is 1. The Labute approximate surface area is 200 Å². The molecular formula is C27H23NO7. The van der Waals surface area contributed by atoms with Gasteiger partial charge < -0.3 is 21.1 Å². The second-order valence-corrected chi connectivity index (χ2v) is 9.41. The van der Waals surface area contributed by atoms with Gasteiger partial charge in [-0.15, -0.1) is 0 Å². The highest BCUT2D eigenvalue weighted by Crippen LogP contribution is 2.55. The number of aliphatic hydroxyl groups is 2. The maximum Gasteiger partial charge on any atom is 0.255 e. The van der Waals surface area contributed by atoms with Crippen LogP contribution in [0, 0.1) is 17.8 Å². The van der Waals surface area contributed by atoms with E-state index in [1.165, 1.54) is 6.07 Å². The molecule has 3 aliphatic rings. The summed E-state index contributed by atoms with van der Waals surface area (Å²) in [5, 5.41) is 32.6. The fourth-order valence-electron chi connectivity index (χ4n) is 6.00. The van der Waals surface area contributed by atoms with Crippen LogP contribution >= 0.6 is 0 Å². The fraction of sp³-hybridized carbons (Fsp3) is 0.259. The Kier molecular flexibility index (Phi) is 5.12. The van der Waals surface area contributed by atoms with Crippen molar-refractivity contribution in [1.29, 1.82) is 0 Å². The van der Waals surface area contributed by atoms with Crippen LogP contribution in [0.1, 0.15) is 47.2 Å². The van der Waals surface area contributed by atoms with Crippen LogP contribution in [-0.2, 0) is 14.4 Å². The number of carbonyl (C=O) groups excluding carboxylic acids is 4. The molecule has 0 heterocycles. The third kappa shape index (κ3) is 3.20.